The number of nitrogens with one attached hydrogen (secondary N) is 2. The molecule has 0 saturated heterocycles. The van der Waals surface area contributed by atoms with Gasteiger partial charge < -0.3 is 20.1 Å². The molecule has 0 aliphatic rings. The average Bonchev–Trinajstić information content (AvgIpc) is 2.66. The lowest BCUT2D eigenvalue weighted by atomic mass is 9.95. The Morgan fingerprint density at radius 2 is 1.69 bits per heavy atom. The highest BCUT2D eigenvalue weighted by Crippen LogP contribution is 2.18. The molecule has 0 radical (unpaired) electrons. The summed E-state index contributed by atoms with van der Waals surface area (Å²) >= 11 is 0. The van der Waals surface area contributed by atoms with Crippen molar-refractivity contribution in [3.63, 3.8) is 0 Å². The number of anilines is 1. The number of carbonyl (C=O) groups excluding carboxylic acids is 3. The van der Waals surface area contributed by atoms with E-state index >= 15 is 0 Å². The maximum Gasteiger partial charge on any atom is 0.513 e. The normalized spacial score (nSPS) is 10.8. The van der Waals surface area contributed by atoms with Crippen LogP contribution in [-0.4, -0.2) is 24.6 Å². The summed E-state index contributed by atoms with van der Waals surface area (Å²) in [4.78, 5) is 35.7. The topological polar surface area (TPSA) is 93.7 Å². The summed E-state index contributed by atoms with van der Waals surface area (Å²) in [5.41, 5.74) is 1.47. The number of rotatable bonds is 6. The van der Waals surface area contributed by atoms with Crippen molar-refractivity contribution in [2.75, 3.05) is 11.9 Å². The first kappa shape index (κ1) is 21.9. The van der Waals surface area contributed by atoms with E-state index in [2.05, 4.69) is 10.6 Å². The highest BCUT2D eigenvalue weighted by Gasteiger charge is 2.21. The van der Waals surface area contributed by atoms with Gasteiger partial charge in [0.1, 0.15) is 5.75 Å². The molecule has 0 heterocycles. The van der Waals surface area contributed by atoms with Crippen molar-refractivity contribution < 1.29 is 23.9 Å². The van der Waals surface area contributed by atoms with Gasteiger partial charge in [-0.1, -0.05) is 32.9 Å². The quantitative estimate of drug-likeness (QED) is 0.563. The third-order valence-electron chi connectivity index (χ3n) is 3.90. The van der Waals surface area contributed by atoms with Gasteiger partial charge in [-0.25, -0.2) is 4.79 Å². The molecule has 0 atom stereocenters. The zero-order valence-corrected chi connectivity index (χ0v) is 17.1. The van der Waals surface area contributed by atoms with Crippen molar-refractivity contribution >= 4 is 23.7 Å². The van der Waals surface area contributed by atoms with Gasteiger partial charge in [-0.3, -0.25) is 9.59 Å². The van der Waals surface area contributed by atoms with Crippen LogP contribution >= 0.6 is 0 Å². The van der Waals surface area contributed by atoms with Gasteiger partial charge in [0.05, 0.1) is 6.61 Å². The van der Waals surface area contributed by atoms with Crippen LogP contribution in [0.25, 0.3) is 0 Å². The Bertz CT molecular complexity index is 870. The third-order valence-corrected chi connectivity index (χ3v) is 3.90. The number of hydrogen-bond donors (Lipinski definition) is 2. The number of ether oxygens (including phenoxy) is 2. The van der Waals surface area contributed by atoms with Crippen molar-refractivity contribution in [1.29, 1.82) is 0 Å². The van der Waals surface area contributed by atoms with Crippen LogP contribution in [0, 0.1) is 5.41 Å². The Kier molecular flexibility index (Phi) is 7.36. The van der Waals surface area contributed by atoms with E-state index in [0.717, 1.165) is 5.56 Å². The molecule has 154 valence electrons. The van der Waals surface area contributed by atoms with E-state index in [1.807, 2.05) is 39.0 Å². The molecule has 0 aliphatic heterocycles. The fraction of sp³-hybridized carbons (Fsp3) is 0.318. The smallest absolute Gasteiger partial charge is 0.434 e. The molecule has 0 unspecified atom stereocenters. The summed E-state index contributed by atoms with van der Waals surface area (Å²) in [6.45, 7) is 7.74. The van der Waals surface area contributed by atoms with Crippen LogP contribution in [0.5, 0.6) is 5.75 Å². The lowest BCUT2D eigenvalue weighted by molar-refractivity contribution is -0.123. The molecular formula is C22H26N2O5. The van der Waals surface area contributed by atoms with Crippen molar-refractivity contribution in [3.05, 3.63) is 59.7 Å². The van der Waals surface area contributed by atoms with Crippen LogP contribution < -0.4 is 15.4 Å². The maximum absolute atomic E-state index is 12.3. The van der Waals surface area contributed by atoms with Gasteiger partial charge in [0.2, 0.25) is 5.91 Å². The molecule has 2 aromatic carbocycles. The van der Waals surface area contributed by atoms with Gasteiger partial charge in [-0.15, -0.1) is 0 Å². The van der Waals surface area contributed by atoms with Gasteiger partial charge in [0.15, 0.2) is 0 Å². The molecule has 0 aromatic heterocycles. The predicted molar refractivity (Wildman–Crippen MR) is 110 cm³/mol. The molecule has 0 bridgehead atoms. The van der Waals surface area contributed by atoms with E-state index in [0.29, 0.717) is 23.5 Å². The molecule has 29 heavy (non-hydrogen) atoms. The molecule has 2 amide bonds. The molecule has 0 fully saturated rings. The molecular weight excluding hydrogens is 372 g/mol. The summed E-state index contributed by atoms with van der Waals surface area (Å²) in [7, 11) is 0. The zero-order valence-electron chi connectivity index (χ0n) is 17.1. The van der Waals surface area contributed by atoms with Crippen LogP contribution in [0.3, 0.4) is 0 Å². The van der Waals surface area contributed by atoms with E-state index in [9.17, 15) is 14.4 Å². The number of hydrogen-bond acceptors (Lipinski definition) is 5. The van der Waals surface area contributed by atoms with Crippen LogP contribution in [0.4, 0.5) is 10.5 Å². The fourth-order valence-electron chi connectivity index (χ4n) is 2.28. The Labute approximate surface area is 170 Å². The summed E-state index contributed by atoms with van der Waals surface area (Å²) in [5.74, 6) is -0.0529. The Morgan fingerprint density at radius 1 is 1.00 bits per heavy atom. The van der Waals surface area contributed by atoms with Crippen LogP contribution in [0.2, 0.25) is 0 Å². The Hall–Kier alpha value is -3.35. The van der Waals surface area contributed by atoms with Gasteiger partial charge in [-0.05, 0) is 48.9 Å². The largest absolute Gasteiger partial charge is 0.513 e. The molecule has 2 aromatic rings. The van der Waals surface area contributed by atoms with Crippen molar-refractivity contribution in [3.8, 4) is 5.75 Å². The van der Waals surface area contributed by atoms with E-state index in [1.165, 1.54) is 12.1 Å². The van der Waals surface area contributed by atoms with E-state index in [1.54, 1.807) is 25.1 Å². The average molecular weight is 398 g/mol. The first-order valence-electron chi connectivity index (χ1n) is 9.32. The number of benzene rings is 2. The highest BCUT2D eigenvalue weighted by atomic mass is 16.7. The summed E-state index contributed by atoms with van der Waals surface area (Å²) in [5, 5.41) is 5.69. The predicted octanol–water partition coefficient (Wildman–Crippen LogP) is 4.14. The molecule has 0 spiro atoms. The van der Waals surface area contributed by atoms with Gasteiger partial charge in [0.25, 0.3) is 5.91 Å². The van der Waals surface area contributed by atoms with E-state index in [-0.39, 0.29) is 18.4 Å². The monoisotopic (exact) mass is 398 g/mol. The second-order valence-corrected chi connectivity index (χ2v) is 7.40. The molecule has 0 aliphatic carbocycles. The van der Waals surface area contributed by atoms with Gasteiger partial charge >= 0.3 is 6.16 Å². The molecule has 0 saturated carbocycles. The minimum Gasteiger partial charge on any atom is -0.434 e. The van der Waals surface area contributed by atoms with Crippen molar-refractivity contribution in [2.24, 2.45) is 5.41 Å². The maximum atomic E-state index is 12.3. The number of amides is 2. The highest BCUT2D eigenvalue weighted by molar-refractivity contribution is 5.95. The van der Waals surface area contributed by atoms with Gasteiger partial charge in [-0.2, -0.15) is 0 Å². The second-order valence-electron chi connectivity index (χ2n) is 7.40. The lowest BCUT2D eigenvalue weighted by Crippen LogP contribution is -2.27. The summed E-state index contributed by atoms with van der Waals surface area (Å²) < 4.78 is 9.66. The fourth-order valence-corrected chi connectivity index (χ4v) is 2.28. The minimum atomic E-state index is -0.789. The second kappa shape index (κ2) is 9.73. The Balaban J connectivity index is 1.93. The molecule has 2 rings (SSSR count). The summed E-state index contributed by atoms with van der Waals surface area (Å²) in [6.07, 6.45) is -0.789. The van der Waals surface area contributed by atoms with Crippen molar-refractivity contribution in [2.45, 2.75) is 34.2 Å². The third kappa shape index (κ3) is 6.95. The Morgan fingerprint density at radius 3 is 2.31 bits per heavy atom. The summed E-state index contributed by atoms with van der Waals surface area (Å²) in [6, 6.07) is 13.5. The van der Waals surface area contributed by atoms with Crippen LogP contribution in [0.1, 0.15) is 43.6 Å². The first-order chi connectivity index (χ1) is 13.7. The molecule has 2 N–H and O–H groups in total. The number of carbonyl (C=O) groups is 3. The SMILES string of the molecule is CCOC(=O)Oc1ccc(C(=O)NCc2cccc(NC(=O)C(C)(C)C)c2)cc1. The van der Waals surface area contributed by atoms with Crippen molar-refractivity contribution in [1.82, 2.24) is 5.32 Å². The first-order valence-corrected chi connectivity index (χ1v) is 9.32. The van der Waals surface area contributed by atoms with Gasteiger partial charge in [0, 0.05) is 23.2 Å². The minimum absolute atomic E-state index is 0.0798. The zero-order chi connectivity index (χ0) is 21.4. The molecule has 7 nitrogen and oxygen atoms in total. The lowest BCUT2D eigenvalue weighted by Gasteiger charge is -2.18. The molecule has 7 heteroatoms. The van der Waals surface area contributed by atoms with Crippen LogP contribution in [0.15, 0.2) is 48.5 Å². The van der Waals surface area contributed by atoms with Crippen LogP contribution in [-0.2, 0) is 16.1 Å². The standard InChI is InChI=1S/C22H26N2O5/c1-5-28-21(27)29-18-11-9-16(10-12-18)19(25)23-14-15-7-6-8-17(13-15)24-20(26)22(2,3)4/h6-13H,5,14H2,1-4H3,(H,23,25)(H,24,26). The van der Waals surface area contributed by atoms with E-state index < -0.39 is 11.6 Å². The van der Waals surface area contributed by atoms with E-state index in [4.69, 9.17) is 9.47 Å².